The summed E-state index contributed by atoms with van der Waals surface area (Å²) in [5, 5.41) is 2.73. The van der Waals surface area contributed by atoms with Crippen molar-refractivity contribution >= 4 is 11.8 Å². The van der Waals surface area contributed by atoms with Gasteiger partial charge in [0.25, 0.3) is 5.91 Å². The Morgan fingerprint density at radius 2 is 1.83 bits per heavy atom. The third-order valence-electron chi connectivity index (χ3n) is 2.83. The minimum absolute atomic E-state index is 0.269. The molecule has 0 atom stereocenters. The molecule has 0 spiro atoms. The molecule has 0 saturated carbocycles. The lowest BCUT2D eigenvalue weighted by molar-refractivity contribution is -0.116. The molecule has 0 bridgehead atoms. The van der Waals surface area contributed by atoms with Gasteiger partial charge >= 0.3 is 0 Å². The molecule has 3 N–H and O–H groups in total. The van der Waals surface area contributed by atoms with Gasteiger partial charge in [0.1, 0.15) is 0 Å². The van der Waals surface area contributed by atoms with Gasteiger partial charge in [-0.25, -0.2) is 0 Å². The molecule has 0 unspecified atom stereocenters. The average Bonchev–Trinajstić information content (AvgIpc) is 2.59. The summed E-state index contributed by atoms with van der Waals surface area (Å²) in [5.74, 6) is -0.601. The number of aromatic nitrogens is 2. The van der Waals surface area contributed by atoms with Crippen molar-refractivity contribution in [3.05, 3.63) is 72.0 Å². The summed E-state index contributed by atoms with van der Waals surface area (Å²) >= 11 is 0. The smallest absolute Gasteiger partial charge is 0.271 e. The molecular weight excluding hydrogens is 294 g/mol. The van der Waals surface area contributed by atoms with Gasteiger partial charge in [0.15, 0.2) is 0 Å². The molecule has 23 heavy (non-hydrogen) atoms. The Morgan fingerprint density at radius 1 is 1.09 bits per heavy atom. The normalized spacial score (nSPS) is 10.7. The van der Waals surface area contributed by atoms with Gasteiger partial charge in [0, 0.05) is 43.1 Å². The first kappa shape index (κ1) is 16.2. The fraction of sp³-hybridized carbons (Fsp3) is 0.125. The molecule has 118 valence electrons. The molecule has 2 aromatic rings. The van der Waals surface area contributed by atoms with Crippen molar-refractivity contribution in [1.82, 2.24) is 26.1 Å². The van der Waals surface area contributed by atoms with Crippen LogP contribution in [-0.2, 0) is 11.3 Å². The lowest BCUT2D eigenvalue weighted by Gasteiger charge is -2.08. The van der Waals surface area contributed by atoms with Crippen molar-refractivity contribution in [2.24, 2.45) is 0 Å². The summed E-state index contributed by atoms with van der Waals surface area (Å²) in [6.07, 6.45) is 7.76. The van der Waals surface area contributed by atoms with Gasteiger partial charge in [-0.15, -0.1) is 0 Å². The molecule has 7 heteroatoms. The quantitative estimate of drug-likeness (QED) is 0.545. The zero-order valence-corrected chi connectivity index (χ0v) is 12.6. The lowest BCUT2D eigenvalue weighted by Crippen LogP contribution is -2.36. The van der Waals surface area contributed by atoms with Crippen LogP contribution in [0.5, 0.6) is 0 Å². The number of amides is 2. The van der Waals surface area contributed by atoms with E-state index in [-0.39, 0.29) is 11.8 Å². The number of allylic oxidation sites excluding steroid dienone is 1. The molecule has 2 rings (SSSR count). The summed E-state index contributed by atoms with van der Waals surface area (Å²) in [7, 11) is 0. The summed E-state index contributed by atoms with van der Waals surface area (Å²) in [6, 6.07) is 6.99. The SMILES string of the molecule is CC(=CC(=O)NCc1cccnc1)NNC(=O)c1cccnc1. The van der Waals surface area contributed by atoms with Crippen molar-refractivity contribution in [2.75, 3.05) is 0 Å². The van der Waals surface area contributed by atoms with E-state index in [1.54, 1.807) is 43.7 Å². The van der Waals surface area contributed by atoms with Gasteiger partial charge < -0.3 is 10.7 Å². The van der Waals surface area contributed by atoms with E-state index < -0.39 is 0 Å². The predicted octanol–water partition coefficient (Wildman–Crippen LogP) is 0.931. The van der Waals surface area contributed by atoms with Crippen molar-refractivity contribution in [3.63, 3.8) is 0 Å². The number of nitrogens with zero attached hydrogens (tertiary/aromatic N) is 2. The lowest BCUT2D eigenvalue weighted by atomic mass is 10.3. The van der Waals surface area contributed by atoms with Crippen LogP contribution < -0.4 is 16.2 Å². The molecule has 0 aliphatic rings. The maximum atomic E-state index is 11.8. The van der Waals surface area contributed by atoms with Gasteiger partial charge in [-0.2, -0.15) is 0 Å². The maximum absolute atomic E-state index is 11.8. The monoisotopic (exact) mass is 311 g/mol. The second kappa shape index (κ2) is 8.28. The van der Waals surface area contributed by atoms with Crippen LogP contribution in [0.25, 0.3) is 0 Å². The number of pyridine rings is 2. The average molecular weight is 311 g/mol. The fourth-order valence-electron chi connectivity index (χ4n) is 1.70. The number of rotatable bonds is 6. The van der Waals surface area contributed by atoms with Gasteiger partial charge in [0.2, 0.25) is 5.91 Å². The van der Waals surface area contributed by atoms with E-state index in [0.29, 0.717) is 17.8 Å². The van der Waals surface area contributed by atoms with Gasteiger partial charge in [0.05, 0.1) is 5.56 Å². The number of nitrogens with one attached hydrogen (secondary N) is 3. The van der Waals surface area contributed by atoms with E-state index in [4.69, 9.17) is 0 Å². The second-order valence-corrected chi connectivity index (χ2v) is 4.73. The zero-order valence-electron chi connectivity index (χ0n) is 12.6. The Hall–Kier alpha value is -3.22. The molecule has 7 nitrogen and oxygen atoms in total. The molecule has 0 aromatic carbocycles. The highest BCUT2D eigenvalue weighted by Gasteiger charge is 2.04. The molecule has 0 fully saturated rings. The molecule has 0 saturated heterocycles. The Kier molecular flexibility index (Phi) is 5.81. The Labute approximate surface area is 133 Å². The molecule has 0 radical (unpaired) electrons. The van der Waals surface area contributed by atoms with Crippen molar-refractivity contribution in [3.8, 4) is 0 Å². The first-order valence-electron chi connectivity index (χ1n) is 6.96. The van der Waals surface area contributed by atoms with Crippen LogP contribution in [0.3, 0.4) is 0 Å². The minimum atomic E-state index is -0.332. The van der Waals surface area contributed by atoms with Crippen LogP contribution in [0.4, 0.5) is 0 Å². The van der Waals surface area contributed by atoms with Crippen LogP contribution >= 0.6 is 0 Å². The molecule has 2 heterocycles. The molecular formula is C16H17N5O2. The largest absolute Gasteiger partial charge is 0.348 e. The molecule has 0 aliphatic carbocycles. The van der Waals surface area contributed by atoms with Crippen LogP contribution in [0.2, 0.25) is 0 Å². The van der Waals surface area contributed by atoms with E-state index in [9.17, 15) is 9.59 Å². The van der Waals surface area contributed by atoms with E-state index in [0.717, 1.165) is 5.56 Å². The molecule has 0 aliphatic heterocycles. The first-order chi connectivity index (χ1) is 11.1. The number of hydrogen-bond donors (Lipinski definition) is 3. The number of hydrogen-bond acceptors (Lipinski definition) is 5. The minimum Gasteiger partial charge on any atom is -0.348 e. The first-order valence-corrected chi connectivity index (χ1v) is 6.96. The fourth-order valence-corrected chi connectivity index (χ4v) is 1.70. The van der Waals surface area contributed by atoms with Gasteiger partial charge in [-0.3, -0.25) is 25.0 Å². The maximum Gasteiger partial charge on any atom is 0.271 e. The van der Waals surface area contributed by atoms with Crippen molar-refractivity contribution in [2.45, 2.75) is 13.5 Å². The third kappa shape index (κ3) is 5.58. The standard InChI is InChI=1S/C16H17N5O2/c1-12(20-21-16(23)14-5-3-7-18-11-14)8-15(22)19-10-13-4-2-6-17-9-13/h2-9,11,20H,10H2,1H3,(H,19,22)(H,21,23). The molecule has 2 aromatic heterocycles. The number of carbonyl (C=O) groups is 2. The van der Waals surface area contributed by atoms with Crippen LogP contribution in [0, 0.1) is 0 Å². The van der Waals surface area contributed by atoms with Crippen LogP contribution in [0.15, 0.2) is 60.8 Å². The molecule has 2 amide bonds. The van der Waals surface area contributed by atoms with E-state index in [1.165, 1.54) is 12.3 Å². The van der Waals surface area contributed by atoms with Gasteiger partial charge in [-0.1, -0.05) is 6.07 Å². The summed E-state index contributed by atoms with van der Waals surface area (Å²) < 4.78 is 0. The predicted molar refractivity (Wildman–Crippen MR) is 84.7 cm³/mol. The van der Waals surface area contributed by atoms with E-state index >= 15 is 0 Å². The van der Waals surface area contributed by atoms with Crippen LogP contribution in [-0.4, -0.2) is 21.8 Å². The van der Waals surface area contributed by atoms with Crippen LogP contribution in [0.1, 0.15) is 22.8 Å². The summed E-state index contributed by atoms with van der Waals surface area (Å²) in [5.41, 5.74) is 7.00. The Morgan fingerprint density at radius 3 is 2.48 bits per heavy atom. The highest BCUT2D eigenvalue weighted by atomic mass is 16.2. The van der Waals surface area contributed by atoms with Crippen molar-refractivity contribution < 1.29 is 9.59 Å². The summed E-state index contributed by atoms with van der Waals surface area (Å²) in [4.78, 5) is 31.4. The van der Waals surface area contributed by atoms with Gasteiger partial charge in [-0.05, 0) is 30.7 Å². The Balaban J connectivity index is 1.78. The number of carbonyl (C=O) groups excluding carboxylic acids is 2. The topological polar surface area (TPSA) is 96.0 Å². The Bertz CT molecular complexity index is 686. The highest BCUT2D eigenvalue weighted by molar-refractivity contribution is 5.93. The summed E-state index contributed by atoms with van der Waals surface area (Å²) in [6.45, 7) is 2.06. The van der Waals surface area contributed by atoms with Crippen molar-refractivity contribution in [1.29, 1.82) is 0 Å². The van der Waals surface area contributed by atoms with E-state index in [1.807, 2.05) is 6.07 Å². The third-order valence-corrected chi connectivity index (χ3v) is 2.83. The number of hydrazine groups is 1. The zero-order chi connectivity index (χ0) is 16.5. The van der Waals surface area contributed by atoms with E-state index in [2.05, 4.69) is 26.1 Å². The second-order valence-electron chi connectivity index (χ2n) is 4.73. The highest BCUT2D eigenvalue weighted by Crippen LogP contribution is 1.96.